The lowest BCUT2D eigenvalue weighted by molar-refractivity contribution is -0.147. The van der Waals surface area contributed by atoms with E-state index in [4.69, 9.17) is 15.9 Å². The number of methoxy groups -OCH3 is 1. The molecule has 210 valence electrons. The first-order valence-electron chi connectivity index (χ1n) is 12.9. The van der Waals surface area contributed by atoms with Gasteiger partial charge in [0, 0.05) is 16.8 Å². The fourth-order valence-corrected chi connectivity index (χ4v) is 4.01. The van der Waals surface area contributed by atoms with E-state index in [1.54, 1.807) is 76.4 Å². The summed E-state index contributed by atoms with van der Waals surface area (Å²) in [4.78, 5) is 42.4. The summed E-state index contributed by atoms with van der Waals surface area (Å²) in [6, 6.07) is 11.9. The second kappa shape index (κ2) is 12.7. The van der Waals surface area contributed by atoms with Crippen molar-refractivity contribution in [2.75, 3.05) is 12.4 Å². The van der Waals surface area contributed by atoms with Gasteiger partial charge >= 0.3 is 6.09 Å². The molecular formula is C31H41N3O5. The molecule has 2 unspecified atom stereocenters. The molecule has 0 aliphatic rings. The first kappa shape index (κ1) is 31.2. The van der Waals surface area contributed by atoms with Gasteiger partial charge in [-0.05, 0) is 89.4 Å². The third kappa shape index (κ3) is 8.78. The summed E-state index contributed by atoms with van der Waals surface area (Å²) in [5.41, 5.74) is 0.209. The number of carbonyl (C=O) groups is 3. The lowest BCUT2D eigenvalue weighted by Gasteiger charge is -2.43. The van der Waals surface area contributed by atoms with Crippen LogP contribution in [0.2, 0.25) is 0 Å². The normalized spacial score (nSPS) is 13.1. The average molecular weight is 536 g/mol. The molecule has 2 atom stereocenters. The Labute approximate surface area is 232 Å². The maximum Gasteiger partial charge on any atom is 0.408 e. The van der Waals surface area contributed by atoms with Gasteiger partial charge in [0.15, 0.2) is 0 Å². The van der Waals surface area contributed by atoms with Gasteiger partial charge in [0.2, 0.25) is 5.91 Å². The summed E-state index contributed by atoms with van der Waals surface area (Å²) in [5, 5.41) is 5.65. The number of benzene rings is 2. The number of rotatable bonds is 8. The summed E-state index contributed by atoms with van der Waals surface area (Å²) in [7, 11) is 1.56. The van der Waals surface area contributed by atoms with Crippen LogP contribution in [0.3, 0.4) is 0 Å². The third-order valence-corrected chi connectivity index (χ3v) is 5.82. The molecule has 0 aromatic heterocycles. The summed E-state index contributed by atoms with van der Waals surface area (Å²) in [6.45, 7) is 14.4. The van der Waals surface area contributed by atoms with Crippen LogP contribution in [0.4, 0.5) is 10.5 Å². The molecule has 8 nitrogen and oxygen atoms in total. The number of hydrogen-bond donors (Lipinski definition) is 2. The molecule has 0 aliphatic carbocycles. The minimum atomic E-state index is -1.03. The van der Waals surface area contributed by atoms with Crippen LogP contribution < -0.4 is 15.4 Å². The number of ether oxygens (including phenoxy) is 2. The Morgan fingerprint density at radius 3 is 1.92 bits per heavy atom. The van der Waals surface area contributed by atoms with Crippen LogP contribution in [0.15, 0.2) is 48.5 Å². The van der Waals surface area contributed by atoms with E-state index in [0.29, 0.717) is 22.6 Å². The van der Waals surface area contributed by atoms with Crippen LogP contribution >= 0.6 is 0 Å². The number of amides is 3. The van der Waals surface area contributed by atoms with Crippen molar-refractivity contribution < 1.29 is 23.9 Å². The van der Waals surface area contributed by atoms with Crippen molar-refractivity contribution in [3.05, 3.63) is 59.7 Å². The van der Waals surface area contributed by atoms with Gasteiger partial charge in [-0.25, -0.2) is 4.79 Å². The molecule has 0 aliphatic heterocycles. The highest BCUT2D eigenvalue weighted by molar-refractivity contribution is 5.99. The molecular weight excluding hydrogens is 494 g/mol. The smallest absolute Gasteiger partial charge is 0.408 e. The quantitative estimate of drug-likeness (QED) is 0.433. The number of nitrogens with one attached hydrogen (secondary N) is 2. The number of nitrogens with zero attached hydrogens (tertiary/aromatic N) is 1. The molecule has 0 bridgehead atoms. The lowest BCUT2D eigenvalue weighted by Crippen LogP contribution is -2.59. The number of hydrogen-bond acceptors (Lipinski definition) is 5. The topological polar surface area (TPSA) is 97.0 Å². The highest BCUT2D eigenvalue weighted by Crippen LogP contribution is 2.32. The molecule has 0 radical (unpaired) electrons. The average Bonchev–Trinajstić information content (AvgIpc) is 2.84. The minimum absolute atomic E-state index is 0.288. The molecule has 0 heterocycles. The van der Waals surface area contributed by atoms with Crippen LogP contribution in [0.1, 0.15) is 72.6 Å². The predicted molar refractivity (Wildman–Crippen MR) is 153 cm³/mol. The van der Waals surface area contributed by atoms with Crippen molar-refractivity contribution in [1.82, 2.24) is 10.2 Å². The molecule has 8 heteroatoms. The first-order valence-corrected chi connectivity index (χ1v) is 12.9. The fourth-order valence-electron chi connectivity index (χ4n) is 4.01. The van der Waals surface area contributed by atoms with E-state index < -0.39 is 41.1 Å². The minimum Gasteiger partial charge on any atom is -0.497 e. The molecule has 0 saturated carbocycles. The fraction of sp³-hybridized carbons (Fsp3) is 0.452. The highest BCUT2D eigenvalue weighted by Gasteiger charge is 2.42. The molecule has 0 fully saturated rings. The molecule has 0 saturated heterocycles. The van der Waals surface area contributed by atoms with Crippen molar-refractivity contribution in [2.24, 2.45) is 5.92 Å². The van der Waals surface area contributed by atoms with E-state index in [1.807, 2.05) is 34.6 Å². The molecule has 0 spiro atoms. The van der Waals surface area contributed by atoms with Crippen molar-refractivity contribution in [1.29, 1.82) is 0 Å². The standard InChI is InChI=1S/C31H41N3O5/c1-11-21-12-14-22(15-13-21)26(27(35)32-23-16-18-24(38-10)19-17-23)34(30(4,5)6)28(36)25(20(2)3)33-29(37)39-31(7,8)9/h1,12-20,25-26H,2-10H3,(H,32,35)(H,33,37). The van der Waals surface area contributed by atoms with Gasteiger partial charge in [-0.15, -0.1) is 6.42 Å². The number of alkyl carbamates (subject to hydrolysis) is 1. The SMILES string of the molecule is C#Cc1ccc(C(C(=O)Nc2ccc(OC)cc2)N(C(=O)C(NC(=O)OC(C)(C)C)C(C)C)C(C)(C)C)cc1. The number of terminal acetylenes is 1. The van der Waals surface area contributed by atoms with Gasteiger partial charge in [-0.1, -0.05) is 31.9 Å². The second-order valence-corrected chi connectivity index (χ2v) is 11.6. The maximum atomic E-state index is 14.2. The molecule has 3 amide bonds. The van der Waals surface area contributed by atoms with Crippen molar-refractivity contribution in [3.63, 3.8) is 0 Å². The monoisotopic (exact) mass is 535 g/mol. The van der Waals surface area contributed by atoms with Gasteiger partial charge in [0.05, 0.1) is 7.11 Å². The van der Waals surface area contributed by atoms with Crippen molar-refractivity contribution in [3.8, 4) is 18.1 Å². The Hall–Kier alpha value is -3.99. The summed E-state index contributed by atoms with van der Waals surface area (Å²) in [5.74, 6) is 2.10. The molecule has 39 heavy (non-hydrogen) atoms. The number of anilines is 1. The van der Waals surface area contributed by atoms with Gasteiger partial charge in [-0.2, -0.15) is 0 Å². The van der Waals surface area contributed by atoms with Crippen LogP contribution in [0, 0.1) is 18.3 Å². The largest absolute Gasteiger partial charge is 0.497 e. The maximum absolute atomic E-state index is 14.2. The number of carbonyl (C=O) groups excluding carboxylic acids is 3. The molecule has 2 rings (SSSR count). The zero-order chi connectivity index (χ0) is 29.5. The second-order valence-electron chi connectivity index (χ2n) is 11.6. The lowest BCUT2D eigenvalue weighted by atomic mass is 9.92. The van der Waals surface area contributed by atoms with Gasteiger partial charge in [0.1, 0.15) is 23.4 Å². The highest BCUT2D eigenvalue weighted by atomic mass is 16.6. The van der Waals surface area contributed by atoms with E-state index >= 15 is 0 Å². The first-order chi connectivity index (χ1) is 18.1. The predicted octanol–water partition coefficient (Wildman–Crippen LogP) is 5.53. The van der Waals surface area contributed by atoms with E-state index in [2.05, 4.69) is 16.6 Å². The molecule has 2 aromatic carbocycles. The van der Waals surface area contributed by atoms with Crippen molar-refractivity contribution >= 4 is 23.6 Å². The molecule has 2 N–H and O–H groups in total. The summed E-state index contributed by atoms with van der Waals surface area (Å²) in [6.07, 6.45) is 4.84. The van der Waals surface area contributed by atoms with E-state index in [-0.39, 0.29) is 5.92 Å². The van der Waals surface area contributed by atoms with E-state index in [9.17, 15) is 14.4 Å². The Morgan fingerprint density at radius 2 is 1.49 bits per heavy atom. The zero-order valence-electron chi connectivity index (χ0n) is 24.4. The van der Waals surface area contributed by atoms with Crippen LogP contribution in [-0.4, -0.2) is 47.1 Å². The third-order valence-electron chi connectivity index (χ3n) is 5.82. The Morgan fingerprint density at radius 1 is 0.923 bits per heavy atom. The van der Waals surface area contributed by atoms with Crippen LogP contribution in [0.25, 0.3) is 0 Å². The van der Waals surface area contributed by atoms with Gasteiger partial charge < -0.3 is 25.0 Å². The van der Waals surface area contributed by atoms with E-state index in [1.165, 1.54) is 4.90 Å². The van der Waals surface area contributed by atoms with Crippen LogP contribution in [0.5, 0.6) is 5.75 Å². The Bertz CT molecular complexity index is 1180. The van der Waals surface area contributed by atoms with Gasteiger partial charge in [0.25, 0.3) is 5.91 Å². The molecule has 2 aromatic rings. The Balaban J connectivity index is 2.58. The summed E-state index contributed by atoms with van der Waals surface area (Å²) < 4.78 is 10.6. The summed E-state index contributed by atoms with van der Waals surface area (Å²) >= 11 is 0. The van der Waals surface area contributed by atoms with Crippen LogP contribution in [-0.2, 0) is 14.3 Å². The van der Waals surface area contributed by atoms with Gasteiger partial charge in [-0.3, -0.25) is 9.59 Å². The van der Waals surface area contributed by atoms with Crippen molar-refractivity contribution in [2.45, 2.75) is 78.6 Å². The zero-order valence-corrected chi connectivity index (χ0v) is 24.4. The Kier molecular flexibility index (Phi) is 10.2. The van der Waals surface area contributed by atoms with E-state index in [0.717, 1.165) is 0 Å².